The number of aryl methyl sites for hydroxylation is 2. The van der Waals surface area contributed by atoms with Crippen molar-refractivity contribution in [3.05, 3.63) is 53.6 Å². The summed E-state index contributed by atoms with van der Waals surface area (Å²) >= 11 is 0. The molecule has 0 spiro atoms. The minimum absolute atomic E-state index is 0.00289. The molecule has 132 valence electrons. The molecule has 0 aliphatic carbocycles. The van der Waals surface area contributed by atoms with Crippen molar-refractivity contribution in [2.75, 3.05) is 22.5 Å². The van der Waals surface area contributed by atoms with Gasteiger partial charge >= 0.3 is 0 Å². The van der Waals surface area contributed by atoms with Gasteiger partial charge in [0.15, 0.2) is 0 Å². The van der Waals surface area contributed by atoms with Crippen LogP contribution in [0.4, 0.5) is 17.1 Å². The van der Waals surface area contributed by atoms with Gasteiger partial charge in [-0.25, -0.2) is 0 Å². The van der Waals surface area contributed by atoms with Gasteiger partial charge in [0.2, 0.25) is 11.8 Å². The first kappa shape index (κ1) is 18.5. The number of hydrogen-bond donors (Lipinski definition) is 3. The summed E-state index contributed by atoms with van der Waals surface area (Å²) < 4.78 is 0. The highest BCUT2D eigenvalue weighted by Gasteiger charge is 2.04. The second-order valence-corrected chi connectivity index (χ2v) is 6.08. The lowest BCUT2D eigenvalue weighted by atomic mass is 10.1. The lowest BCUT2D eigenvalue weighted by Gasteiger charge is -2.10. The summed E-state index contributed by atoms with van der Waals surface area (Å²) in [6.45, 7) is 6.25. The Kier molecular flexibility index (Phi) is 6.57. The number of anilines is 3. The molecule has 0 saturated carbocycles. The number of hydrogen-bond acceptors (Lipinski definition) is 3. The van der Waals surface area contributed by atoms with Crippen LogP contribution >= 0.6 is 0 Å². The normalized spacial score (nSPS) is 10.2. The Morgan fingerprint density at radius 2 is 1.36 bits per heavy atom. The molecule has 0 aliphatic heterocycles. The molecule has 0 heterocycles. The third kappa shape index (κ3) is 5.95. The molecule has 0 aliphatic rings. The van der Waals surface area contributed by atoms with Gasteiger partial charge in [-0.2, -0.15) is 0 Å². The smallest absolute Gasteiger partial charge is 0.243 e. The van der Waals surface area contributed by atoms with Crippen LogP contribution in [-0.2, 0) is 9.59 Å². The molecule has 5 nitrogen and oxygen atoms in total. The molecule has 0 unspecified atom stereocenters. The van der Waals surface area contributed by atoms with Crippen LogP contribution in [0, 0.1) is 13.8 Å². The van der Waals surface area contributed by atoms with E-state index >= 15 is 0 Å². The van der Waals surface area contributed by atoms with Crippen molar-refractivity contribution in [2.24, 2.45) is 0 Å². The van der Waals surface area contributed by atoms with Crippen molar-refractivity contribution < 1.29 is 9.59 Å². The van der Waals surface area contributed by atoms with E-state index in [9.17, 15) is 9.59 Å². The summed E-state index contributed by atoms with van der Waals surface area (Å²) in [5.74, 6) is -0.127. The number of carbonyl (C=O) groups excluding carboxylic acids is 2. The Labute approximate surface area is 148 Å². The zero-order valence-electron chi connectivity index (χ0n) is 15.0. The first-order valence-electron chi connectivity index (χ1n) is 8.49. The van der Waals surface area contributed by atoms with E-state index in [1.54, 1.807) is 24.3 Å². The van der Waals surface area contributed by atoms with Crippen molar-refractivity contribution in [3.63, 3.8) is 0 Å². The van der Waals surface area contributed by atoms with E-state index in [1.165, 1.54) is 11.1 Å². The highest BCUT2D eigenvalue weighted by molar-refractivity contribution is 5.94. The predicted octanol–water partition coefficient (Wildman–Crippen LogP) is 4.09. The summed E-state index contributed by atoms with van der Waals surface area (Å²) in [5, 5.41) is 8.76. The molecule has 0 fully saturated rings. The van der Waals surface area contributed by atoms with E-state index in [4.69, 9.17) is 0 Å². The van der Waals surface area contributed by atoms with Crippen LogP contribution in [0.25, 0.3) is 0 Å². The van der Waals surface area contributed by atoms with Gasteiger partial charge in [-0.15, -0.1) is 0 Å². The quantitative estimate of drug-likeness (QED) is 0.711. The number of benzene rings is 2. The fourth-order valence-electron chi connectivity index (χ4n) is 2.33. The van der Waals surface area contributed by atoms with Crippen LogP contribution in [0.2, 0.25) is 0 Å². The zero-order valence-corrected chi connectivity index (χ0v) is 15.0. The van der Waals surface area contributed by atoms with Gasteiger partial charge < -0.3 is 16.0 Å². The lowest BCUT2D eigenvalue weighted by Crippen LogP contribution is -2.21. The first-order valence-corrected chi connectivity index (χ1v) is 8.49. The first-order chi connectivity index (χ1) is 12.0. The highest BCUT2D eigenvalue weighted by atomic mass is 16.2. The van der Waals surface area contributed by atoms with E-state index < -0.39 is 0 Å². The number of nitrogens with one attached hydrogen (secondary N) is 3. The average molecular weight is 339 g/mol. The van der Waals surface area contributed by atoms with Crippen LogP contribution in [-0.4, -0.2) is 18.4 Å². The number of amides is 2. The topological polar surface area (TPSA) is 70.2 Å². The minimum Gasteiger partial charge on any atom is -0.376 e. The molecule has 2 amide bonds. The van der Waals surface area contributed by atoms with Gasteiger partial charge in [-0.05, 0) is 67.8 Å². The Bertz CT molecular complexity index is 739. The van der Waals surface area contributed by atoms with E-state index in [-0.39, 0.29) is 18.4 Å². The summed E-state index contributed by atoms with van der Waals surface area (Å²) in [6.07, 6.45) is 1.32. The SMILES string of the molecule is CCCC(=O)Nc1ccc(NC(=O)CNc2ccc(C)c(C)c2)cc1. The fourth-order valence-corrected chi connectivity index (χ4v) is 2.33. The van der Waals surface area contributed by atoms with Crippen LogP contribution in [0.1, 0.15) is 30.9 Å². The van der Waals surface area contributed by atoms with E-state index in [1.807, 2.05) is 32.0 Å². The number of rotatable bonds is 7. The molecule has 0 aromatic heterocycles. The van der Waals surface area contributed by atoms with Crippen molar-refractivity contribution in [2.45, 2.75) is 33.6 Å². The maximum atomic E-state index is 12.0. The van der Waals surface area contributed by atoms with E-state index in [2.05, 4.69) is 22.9 Å². The standard InChI is InChI=1S/C20H25N3O2/c1-4-5-19(24)22-16-8-10-17(11-9-16)23-20(25)13-21-18-7-6-14(2)15(3)12-18/h6-12,21H,4-5,13H2,1-3H3,(H,22,24)(H,23,25). The summed E-state index contributed by atoms with van der Waals surface area (Å²) in [4.78, 5) is 23.6. The van der Waals surface area contributed by atoms with Crippen molar-refractivity contribution in [1.29, 1.82) is 0 Å². The second kappa shape index (κ2) is 8.87. The molecule has 2 aromatic carbocycles. The van der Waals surface area contributed by atoms with Crippen LogP contribution < -0.4 is 16.0 Å². The van der Waals surface area contributed by atoms with Gasteiger partial charge in [0.1, 0.15) is 0 Å². The third-order valence-electron chi connectivity index (χ3n) is 3.89. The molecule has 0 saturated heterocycles. The second-order valence-electron chi connectivity index (χ2n) is 6.08. The molecule has 5 heteroatoms. The summed E-state index contributed by atoms with van der Waals surface area (Å²) in [6, 6.07) is 13.1. The highest BCUT2D eigenvalue weighted by Crippen LogP contribution is 2.15. The molecule has 3 N–H and O–H groups in total. The molecule has 0 atom stereocenters. The Balaban J connectivity index is 1.83. The van der Waals surface area contributed by atoms with Gasteiger partial charge in [0, 0.05) is 23.5 Å². The minimum atomic E-state index is -0.124. The maximum Gasteiger partial charge on any atom is 0.243 e. The number of carbonyl (C=O) groups is 2. The molecule has 0 bridgehead atoms. The molecule has 0 radical (unpaired) electrons. The molecule has 25 heavy (non-hydrogen) atoms. The van der Waals surface area contributed by atoms with Gasteiger partial charge in [0.25, 0.3) is 0 Å². The predicted molar refractivity (Wildman–Crippen MR) is 103 cm³/mol. The zero-order chi connectivity index (χ0) is 18.2. The summed E-state index contributed by atoms with van der Waals surface area (Å²) in [7, 11) is 0. The average Bonchev–Trinajstić information content (AvgIpc) is 2.58. The Morgan fingerprint density at radius 3 is 1.92 bits per heavy atom. The largest absolute Gasteiger partial charge is 0.376 e. The van der Waals surface area contributed by atoms with Crippen molar-refractivity contribution >= 4 is 28.9 Å². The van der Waals surface area contributed by atoms with E-state index in [0.717, 1.165) is 17.8 Å². The van der Waals surface area contributed by atoms with Gasteiger partial charge in [-0.3, -0.25) is 9.59 Å². The van der Waals surface area contributed by atoms with Crippen LogP contribution in [0.3, 0.4) is 0 Å². The van der Waals surface area contributed by atoms with Crippen LogP contribution in [0.15, 0.2) is 42.5 Å². The molecular weight excluding hydrogens is 314 g/mol. The lowest BCUT2D eigenvalue weighted by molar-refractivity contribution is -0.116. The third-order valence-corrected chi connectivity index (χ3v) is 3.89. The monoisotopic (exact) mass is 339 g/mol. The van der Waals surface area contributed by atoms with Crippen molar-refractivity contribution in [1.82, 2.24) is 0 Å². The molecular formula is C20H25N3O2. The van der Waals surface area contributed by atoms with Crippen LogP contribution in [0.5, 0.6) is 0 Å². The molecule has 2 aromatic rings. The maximum absolute atomic E-state index is 12.0. The Morgan fingerprint density at radius 1 is 0.800 bits per heavy atom. The van der Waals surface area contributed by atoms with Gasteiger partial charge in [-0.1, -0.05) is 13.0 Å². The molecule has 2 rings (SSSR count). The van der Waals surface area contributed by atoms with E-state index in [0.29, 0.717) is 12.1 Å². The Hall–Kier alpha value is -2.82. The summed E-state index contributed by atoms with van der Waals surface area (Å²) in [5.41, 5.74) is 4.75. The van der Waals surface area contributed by atoms with Gasteiger partial charge in [0.05, 0.1) is 6.54 Å². The fraction of sp³-hybridized carbons (Fsp3) is 0.300. The van der Waals surface area contributed by atoms with Crippen molar-refractivity contribution in [3.8, 4) is 0 Å².